The molecule has 0 amide bonds. The molecule has 1 aromatic heterocycles. The van der Waals surface area contributed by atoms with Crippen LogP contribution >= 0.6 is 0 Å². The zero-order valence-electron chi connectivity index (χ0n) is 6.45. The maximum Gasteiger partial charge on any atom is 0.141 e. The van der Waals surface area contributed by atoms with Crippen molar-refractivity contribution in [2.45, 2.75) is 13.5 Å². The Labute approximate surface area is 65.3 Å². The van der Waals surface area contributed by atoms with Crippen LogP contribution in [0.15, 0.2) is 18.8 Å². The van der Waals surface area contributed by atoms with Crippen LogP contribution in [0.25, 0.3) is 5.57 Å². The summed E-state index contributed by atoms with van der Waals surface area (Å²) in [6, 6.07) is 1.84. The standard InChI is InChI=1S/C8H10N2O/c1-7(2)8-3-4-9-10(8)5-6-11/h3-4,6H,1,5H2,2H3. The lowest BCUT2D eigenvalue weighted by atomic mass is 10.2. The fourth-order valence-corrected chi connectivity index (χ4v) is 0.911. The van der Waals surface area contributed by atoms with Gasteiger partial charge in [0.15, 0.2) is 0 Å². The lowest BCUT2D eigenvalue weighted by Gasteiger charge is -2.00. The third-order valence-corrected chi connectivity index (χ3v) is 1.40. The Morgan fingerprint density at radius 2 is 2.64 bits per heavy atom. The van der Waals surface area contributed by atoms with Crippen molar-refractivity contribution in [1.82, 2.24) is 9.78 Å². The summed E-state index contributed by atoms with van der Waals surface area (Å²) >= 11 is 0. The van der Waals surface area contributed by atoms with Crippen molar-refractivity contribution >= 4 is 11.9 Å². The average Bonchev–Trinajstić information content (AvgIpc) is 2.36. The minimum Gasteiger partial charge on any atom is -0.301 e. The molecule has 0 unspecified atom stereocenters. The predicted octanol–water partition coefficient (Wildman–Crippen LogP) is 1.12. The second-order valence-corrected chi connectivity index (χ2v) is 2.35. The van der Waals surface area contributed by atoms with Gasteiger partial charge in [-0.05, 0) is 18.6 Å². The molecule has 3 nitrogen and oxygen atoms in total. The smallest absolute Gasteiger partial charge is 0.141 e. The van der Waals surface area contributed by atoms with Gasteiger partial charge in [-0.25, -0.2) is 0 Å². The molecule has 0 N–H and O–H groups in total. The molecule has 1 aromatic rings. The molecule has 0 bridgehead atoms. The summed E-state index contributed by atoms with van der Waals surface area (Å²) in [4.78, 5) is 10.2. The fraction of sp³-hybridized carbons (Fsp3) is 0.250. The highest BCUT2D eigenvalue weighted by Gasteiger charge is 2.00. The van der Waals surface area contributed by atoms with Gasteiger partial charge in [0, 0.05) is 6.20 Å². The van der Waals surface area contributed by atoms with Crippen LogP contribution in [0.3, 0.4) is 0 Å². The summed E-state index contributed by atoms with van der Waals surface area (Å²) in [6.07, 6.45) is 2.48. The summed E-state index contributed by atoms with van der Waals surface area (Å²) in [5.74, 6) is 0. The summed E-state index contributed by atoms with van der Waals surface area (Å²) in [7, 11) is 0. The van der Waals surface area contributed by atoms with Gasteiger partial charge >= 0.3 is 0 Å². The Bertz CT molecular complexity index is 275. The average molecular weight is 150 g/mol. The number of allylic oxidation sites excluding steroid dienone is 1. The van der Waals surface area contributed by atoms with Crippen LogP contribution in [-0.4, -0.2) is 16.1 Å². The van der Waals surface area contributed by atoms with Gasteiger partial charge in [0.05, 0.1) is 12.2 Å². The minimum absolute atomic E-state index is 0.301. The normalized spacial score (nSPS) is 9.55. The van der Waals surface area contributed by atoms with Gasteiger partial charge in [0.25, 0.3) is 0 Å². The van der Waals surface area contributed by atoms with Crippen molar-refractivity contribution in [1.29, 1.82) is 0 Å². The highest BCUT2D eigenvalue weighted by Crippen LogP contribution is 2.08. The summed E-state index contributed by atoms with van der Waals surface area (Å²) < 4.78 is 1.62. The van der Waals surface area contributed by atoms with E-state index in [2.05, 4.69) is 11.7 Å². The summed E-state index contributed by atoms with van der Waals surface area (Å²) in [5, 5.41) is 3.95. The molecule has 3 heteroatoms. The summed E-state index contributed by atoms with van der Waals surface area (Å²) in [6.45, 7) is 5.95. The first-order valence-electron chi connectivity index (χ1n) is 3.37. The van der Waals surface area contributed by atoms with E-state index in [-0.39, 0.29) is 0 Å². The molecule has 0 aliphatic rings. The fourth-order valence-electron chi connectivity index (χ4n) is 0.911. The minimum atomic E-state index is 0.301. The van der Waals surface area contributed by atoms with Crippen molar-refractivity contribution in [2.75, 3.05) is 0 Å². The largest absolute Gasteiger partial charge is 0.301 e. The quantitative estimate of drug-likeness (QED) is 0.605. The van der Waals surface area contributed by atoms with E-state index in [1.807, 2.05) is 13.0 Å². The Morgan fingerprint density at radius 1 is 1.91 bits per heavy atom. The Kier molecular flexibility index (Phi) is 2.21. The van der Waals surface area contributed by atoms with Gasteiger partial charge in [0.1, 0.15) is 6.29 Å². The lowest BCUT2D eigenvalue weighted by Crippen LogP contribution is -2.03. The van der Waals surface area contributed by atoms with Crippen LogP contribution in [-0.2, 0) is 11.3 Å². The van der Waals surface area contributed by atoms with Crippen LogP contribution < -0.4 is 0 Å². The first kappa shape index (κ1) is 7.72. The first-order valence-corrected chi connectivity index (χ1v) is 3.37. The lowest BCUT2D eigenvalue weighted by molar-refractivity contribution is -0.108. The predicted molar refractivity (Wildman–Crippen MR) is 43.0 cm³/mol. The Balaban J connectivity index is 2.95. The van der Waals surface area contributed by atoms with E-state index in [1.54, 1.807) is 10.9 Å². The van der Waals surface area contributed by atoms with Gasteiger partial charge < -0.3 is 4.79 Å². The van der Waals surface area contributed by atoms with E-state index in [9.17, 15) is 4.79 Å². The molecule has 1 heterocycles. The molecule has 0 aliphatic carbocycles. The third kappa shape index (κ3) is 1.55. The number of rotatable bonds is 3. The molecule has 0 spiro atoms. The molecular formula is C8H10N2O. The highest BCUT2D eigenvalue weighted by atomic mass is 16.1. The molecule has 0 aliphatic heterocycles. The van der Waals surface area contributed by atoms with E-state index in [0.29, 0.717) is 6.54 Å². The molecule has 0 atom stereocenters. The van der Waals surface area contributed by atoms with E-state index in [0.717, 1.165) is 17.6 Å². The van der Waals surface area contributed by atoms with Gasteiger partial charge in [-0.3, -0.25) is 4.68 Å². The van der Waals surface area contributed by atoms with Crippen molar-refractivity contribution in [3.63, 3.8) is 0 Å². The monoisotopic (exact) mass is 150 g/mol. The van der Waals surface area contributed by atoms with Crippen LogP contribution in [0.5, 0.6) is 0 Å². The Morgan fingerprint density at radius 3 is 3.18 bits per heavy atom. The SMILES string of the molecule is C=C(C)c1ccnn1CC=O. The molecule has 0 saturated carbocycles. The number of hydrogen-bond acceptors (Lipinski definition) is 2. The number of aromatic nitrogens is 2. The van der Waals surface area contributed by atoms with Crippen LogP contribution in [0.1, 0.15) is 12.6 Å². The van der Waals surface area contributed by atoms with Crippen LogP contribution in [0.2, 0.25) is 0 Å². The molecule has 0 fully saturated rings. The van der Waals surface area contributed by atoms with Gasteiger partial charge in [-0.1, -0.05) is 6.58 Å². The maximum atomic E-state index is 10.2. The van der Waals surface area contributed by atoms with E-state index in [4.69, 9.17) is 0 Å². The first-order chi connectivity index (χ1) is 5.25. The number of nitrogens with zero attached hydrogens (tertiary/aromatic N) is 2. The van der Waals surface area contributed by atoms with Gasteiger partial charge in [-0.2, -0.15) is 5.10 Å². The van der Waals surface area contributed by atoms with Crippen molar-refractivity contribution in [2.24, 2.45) is 0 Å². The molecular weight excluding hydrogens is 140 g/mol. The number of carbonyl (C=O) groups is 1. The van der Waals surface area contributed by atoms with Crippen LogP contribution in [0, 0.1) is 0 Å². The van der Waals surface area contributed by atoms with E-state index >= 15 is 0 Å². The van der Waals surface area contributed by atoms with Crippen molar-refractivity contribution in [3.05, 3.63) is 24.5 Å². The van der Waals surface area contributed by atoms with Gasteiger partial charge in [-0.15, -0.1) is 0 Å². The third-order valence-electron chi connectivity index (χ3n) is 1.40. The summed E-state index contributed by atoms with van der Waals surface area (Å²) in [5.41, 5.74) is 1.83. The topological polar surface area (TPSA) is 34.9 Å². The van der Waals surface area contributed by atoms with Crippen molar-refractivity contribution in [3.8, 4) is 0 Å². The molecule has 58 valence electrons. The number of hydrogen-bond donors (Lipinski definition) is 0. The zero-order chi connectivity index (χ0) is 8.27. The molecule has 11 heavy (non-hydrogen) atoms. The highest BCUT2D eigenvalue weighted by molar-refractivity contribution is 5.59. The maximum absolute atomic E-state index is 10.2. The number of carbonyl (C=O) groups excluding carboxylic acids is 1. The van der Waals surface area contributed by atoms with Crippen molar-refractivity contribution < 1.29 is 4.79 Å². The molecule has 0 aromatic carbocycles. The molecule has 1 rings (SSSR count). The Hall–Kier alpha value is -1.38. The molecule has 0 radical (unpaired) electrons. The van der Waals surface area contributed by atoms with E-state index in [1.165, 1.54) is 0 Å². The molecule has 0 saturated heterocycles. The zero-order valence-corrected chi connectivity index (χ0v) is 6.45. The van der Waals surface area contributed by atoms with E-state index < -0.39 is 0 Å². The van der Waals surface area contributed by atoms with Crippen LogP contribution in [0.4, 0.5) is 0 Å². The van der Waals surface area contributed by atoms with Gasteiger partial charge in [0.2, 0.25) is 0 Å². The number of aldehydes is 1. The second-order valence-electron chi connectivity index (χ2n) is 2.35. The second kappa shape index (κ2) is 3.14.